The van der Waals surface area contributed by atoms with Crippen molar-refractivity contribution in [2.45, 2.75) is 97.0 Å². The molecule has 21 heavy (non-hydrogen) atoms. The Kier molecular flexibility index (Phi) is 15.8. The molecule has 2 unspecified atom stereocenters. The Hall–Kier alpha value is -0.340. The molecule has 0 amide bonds. The lowest BCUT2D eigenvalue weighted by Gasteiger charge is -2.11. The quantitative estimate of drug-likeness (QED) is 0.321. The van der Waals surface area contributed by atoms with Gasteiger partial charge >= 0.3 is 0 Å². The smallest absolute Gasteiger partial charge is 0.0768 e. The van der Waals surface area contributed by atoms with Crippen LogP contribution in [0.1, 0.15) is 90.9 Å². The lowest BCUT2D eigenvalue weighted by Crippen LogP contribution is -2.17. The molecule has 0 aromatic rings. The van der Waals surface area contributed by atoms with Crippen LogP contribution < -0.4 is 0 Å². The highest BCUT2D eigenvalue weighted by Crippen LogP contribution is 2.12. The molecule has 0 aliphatic heterocycles. The van der Waals surface area contributed by atoms with E-state index >= 15 is 0 Å². The van der Waals surface area contributed by atoms with E-state index in [1.165, 1.54) is 70.6 Å². The van der Waals surface area contributed by atoms with Crippen LogP contribution in [0.2, 0.25) is 0 Å². The van der Waals surface area contributed by atoms with E-state index in [2.05, 4.69) is 13.0 Å². The second-order valence-corrected chi connectivity index (χ2v) is 6.40. The predicted octanol–water partition coefficient (Wildman–Crippen LogP) is 5.23. The number of hydrogen-bond donors (Lipinski definition) is 2. The van der Waals surface area contributed by atoms with Crippen LogP contribution in [0.4, 0.5) is 0 Å². The minimum Gasteiger partial charge on any atom is -0.396 e. The second-order valence-electron chi connectivity index (χ2n) is 6.40. The molecule has 0 spiro atoms. The van der Waals surface area contributed by atoms with Crippen molar-refractivity contribution in [1.29, 1.82) is 0 Å². The topological polar surface area (TPSA) is 40.5 Å². The average Bonchev–Trinajstić information content (AvgIpc) is 2.50. The maximum atomic E-state index is 9.65. The highest BCUT2D eigenvalue weighted by atomic mass is 16.3. The van der Waals surface area contributed by atoms with Crippen molar-refractivity contribution < 1.29 is 10.2 Å². The van der Waals surface area contributed by atoms with Gasteiger partial charge in [0, 0.05) is 12.5 Å². The zero-order chi connectivity index (χ0) is 15.8. The van der Waals surface area contributed by atoms with Crippen LogP contribution in [0.25, 0.3) is 0 Å². The van der Waals surface area contributed by atoms with Gasteiger partial charge in [0.2, 0.25) is 0 Å². The molecule has 126 valence electrons. The molecule has 0 bridgehead atoms. The fourth-order valence-electron chi connectivity index (χ4n) is 2.46. The molecule has 2 atom stereocenters. The van der Waals surface area contributed by atoms with E-state index in [4.69, 9.17) is 5.11 Å². The van der Waals surface area contributed by atoms with Crippen LogP contribution in [0.5, 0.6) is 0 Å². The van der Waals surface area contributed by atoms with E-state index in [9.17, 15) is 5.11 Å². The number of rotatable bonds is 15. The van der Waals surface area contributed by atoms with Crippen LogP contribution >= 0.6 is 0 Å². The molecule has 2 heteroatoms. The maximum Gasteiger partial charge on any atom is 0.0768 e. The van der Waals surface area contributed by atoms with Gasteiger partial charge in [-0.05, 0) is 12.8 Å². The highest BCUT2D eigenvalue weighted by Gasteiger charge is 2.08. The SMILES string of the molecule is CCCCCCCCCCCCCC=CC(O)C(C)CO. The van der Waals surface area contributed by atoms with Gasteiger partial charge in [-0.2, -0.15) is 0 Å². The molecule has 0 saturated carbocycles. The Morgan fingerprint density at radius 1 is 0.810 bits per heavy atom. The van der Waals surface area contributed by atoms with Gasteiger partial charge in [-0.25, -0.2) is 0 Å². The van der Waals surface area contributed by atoms with Gasteiger partial charge in [-0.1, -0.05) is 90.2 Å². The minimum atomic E-state index is -0.497. The summed E-state index contributed by atoms with van der Waals surface area (Å²) >= 11 is 0. The van der Waals surface area contributed by atoms with Gasteiger partial charge < -0.3 is 10.2 Å². The summed E-state index contributed by atoms with van der Waals surface area (Å²) < 4.78 is 0. The van der Waals surface area contributed by atoms with Crippen molar-refractivity contribution in [2.75, 3.05) is 6.61 Å². The summed E-state index contributed by atoms with van der Waals surface area (Å²) in [5.41, 5.74) is 0. The monoisotopic (exact) mass is 298 g/mol. The Morgan fingerprint density at radius 2 is 1.29 bits per heavy atom. The van der Waals surface area contributed by atoms with Gasteiger partial charge in [0.15, 0.2) is 0 Å². The number of unbranched alkanes of at least 4 members (excludes halogenated alkanes) is 11. The van der Waals surface area contributed by atoms with Gasteiger partial charge in [0.05, 0.1) is 6.10 Å². The van der Waals surface area contributed by atoms with E-state index in [1.54, 1.807) is 0 Å². The molecule has 0 aliphatic rings. The Bertz CT molecular complexity index is 226. The minimum absolute atomic E-state index is 0.0456. The average molecular weight is 299 g/mol. The standard InChI is InChI=1S/C19H38O2/c1-3-4-5-6-7-8-9-10-11-12-13-14-15-16-19(21)18(2)17-20/h15-16,18-21H,3-14,17H2,1-2H3. The Balaban J connectivity index is 3.20. The third kappa shape index (κ3) is 14.4. The fraction of sp³-hybridized carbons (Fsp3) is 0.895. The molecule has 2 N–H and O–H groups in total. The molecule has 0 aromatic heterocycles. The molecular formula is C19H38O2. The van der Waals surface area contributed by atoms with E-state index in [0.717, 1.165) is 6.42 Å². The summed E-state index contributed by atoms with van der Waals surface area (Å²) in [6.07, 6.45) is 19.5. The summed E-state index contributed by atoms with van der Waals surface area (Å²) in [5, 5.41) is 18.6. The number of allylic oxidation sites excluding steroid dienone is 1. The fourth-order valence-corrected chi connectivity index (χ4v) is 2.46. The third-order valence-electron chi connectivity index (χ3n) is 4.18. The Labute approximate surface area is 132 Å². The van der Waals surface area contributed by atoms with Crippen LogP contribution in [0, 0.1) is 5.92 Å². The van der Waals surface area contributed by atoms with Crippen LogP contribution in [0.3, 0.4) is 0 Å². The lowest BCUT2D eigenvalue weighted by molar-refractivity contribution is 0.111. The van der Waals surface area contributed by atoms with Crippen LogP contribution in [0.15, 0.2) is 12.2 Å². The van der Waals surface area contributed by atoms with Crippen LogP contribution in [-0.2, 0) is 0 Å². The normalized spacial score (nSPS) is 14.7. The van der Waals surface area contributed by atoms with Gasteiger partial charge in [0.1, 0.15) is 0 Å². The van der Waals surface area contributed by atoms with E-state index in [0.29, 0.717) is 0 Å². The first-order chi connectivity index (χ1) is 10.2. The molecule has 0 radical (unpaired) electrons. The highest BCUT2D eigenvalue weighted by molar-refractivity contribution is 4.90. The van der Waals surface area contributed by atoms with Gasteiger partial charge in [-0.3, -0.25) is 0 Å². The van der Waals surface area contributed by atoms with E-state index in [1.807, 2.05) is 13.0 Å². The van der Waals surface area contributed by atoms with E-state index < -0.39 is 6.10 Å². The molecule has 2 nitrogen and oxygen atoms in total. The number of aliphatic hydroxyl groups excluding tert-OH is 2. The van der Waals surface area contributed by atoms with Crippen molar-refractivity contribution in [1.82, 2.24) is 0 Å². The zero-order valence-electron chi connectivity index (χ0n) is 14.4. The number of hydrogen-bond acceptors (Lipinski definition) is 2. The van der Waals surface area contributed by atoms with E-state index in [-0.39, 0.29) is 12.5 Å². The lowest BCUT2D eigenvalue weighted by atomic mass is 10.0. The largest absolute Gasteiger partial charge is 0.396 e. The second kappa shape index (κ2) is 16.0. The molecule has 0 rings (SSSR count). The maximum absolute atomic E-state index is 9.65. The third-order valence-corrected chi connectivity index (χ3v) is 4.18. The summed E-state index contributed by atoms with van der Waals surface area (Å²) in [5.74, 6) is -0.0569. The first-order valence-electron chi connectivity index (χ1n) is 9.18. The first-order valence-corrected chi connectivity index (χ1v) is 9.18. The molecular weight excluding hydrogens is 260 g/mol. The molecule has 0 heterocycles. The Morgan fingerprint density at radius 3 is 1.76 bits per heavy atom. The molecule has 0 fully saturated rings. The van der Waals surface area contributed by atoms with Crippen LogP contribution in [-0.4, -0.2) is 22.9 Å². The molecule has 0 saturated heterocycles. The molecule has 0 aromatic carbocycles. The van der Waals surface area contributed by atoms with Gasteiger partial charge in [-0.15, -0.1) is 0 Å². The predicted molar refractivity (Wildman–Crippen MR) is 92.5 cm³/mol. The first kappa shape index (κ1) is 20.7. The van der Waals surface area contributed by atoms with Crippen molar-refractivity contribution in [3.63, 3.8) is 0 Å². The number of aliphatic hydroxyl groups is 2. The molecule has 0 aliphatic carbocycles. The van der Waals surface area contributed by atoms with Gasteiger partial charge in [0.25, 0.3) is 0 Å². The summed E-state index contributed by atoms with van der Waals surface area (Å²) in [4.78, 5) is 0. The van der Waals surface area contributed by atoms with Crippen molar-refractivity contribution >= 4 is 0 Å². The summed E-state index contributed by atoms with van der Waals surface area (Å²) in [6.45, 7) is 4.17. The van der Waals surface area contributed by atoms with Crippen molar-refractivity contribution in [3.05, 3.63) is 12.2 Å². The zero-order valence-corrected chi connectivity index (χ0v) is 14.4. The summed E-state index contributed by atoms with van der Waals surface area (Å²) in [7, 11) is 0. The van der Waals surface area contributed by atoms with Crippen molar-refractivity contribution in [2.24, 2.45) is 5.92 Å². The van der Waals surface area contributed by atoms with Crippen molar-refractivity contribution in [3.8, 4) is 0 Å². The summed E-state index contributed by atoms with van der Waals surface area (Å²) in [6, 6.07) is 0.